The maximum atomic E-state index is 11.8. The van der Waals surface area contributed by atoms with Crippen LogP contribution in [0, 0.1) is 0 Å². The van der Waals surface area contributed by atoms with Gasteiger partial charge in [0.05, 0.1) is 0 Å². The number of hydrogen-bond acceptors (Lipinski definition) is 4. The van der Waals surface area contributed by atoms with Gasteiger partial charge < -0.3 is 10.5 Å². The lowest BCUT2D eigenvalue weighted by Gasteiger charge is -2.14. The van der Waals surface area contributed by atoms with Gasteiger partial charge in [0.1, 0.15) is 11.9 Å². The lowest BCUT2D eigenvalue weighted by Crippen LogP contribution is -2.18. The van der Waals surface area contributed by atoms with Crippen LogP contribution >= 0.6 is 0 Å². The summed E-state index contributed by atoms with van der Waals surface area (Å²) in [4.78, 5) is 15.8. The van der Waals surface area contributed by atoms with Crippen molar-refractivity contribution in [1.29, 1.82) is 0 Å². The number of pyridine rings is 1. The summed E-state index contributed by atoms with van der Waals surface area (Å²) in [5.41, 5.74) is 5.84. The molecule has 1 aliphatic rings. The molecule has 0 saturated heterocycles. The molecule has 92 valence electrons. The zero-order valence-electron chi connectivity index (χ0n) is 9.89. The average Bonchev–Trinajstić information content (AvgIpc) is 2.57. The first-order chi connectivity index (χ1) is 8.25. The van der Waals surface area contributed by atoms with Crippen molar-refractivity contribution in [3.8, 4) is 0 Å². The predicted octanol–water partition coefficient (Wildman–Crippen LogP) is 2.54. The Bertz CT molecular complexity index is 385. The number of nitrogens with zero attached hydrogens (tertiary/aromatic N) is 1. The molecule has 1 aliphatic carbocycles. The summed E-state index contributed by atoms with van der Waals surface area (Å²) >= 11 is 0. The van der Waals surface area contributed by atoms with Crippen molar-refractivity contribution in [2.45, 2.75) is 44.6 Å². The maximum absolute atomic E-state index is 11.8. The minimum atomic E-state index is -0.357. The molecule has 4 nitrogen and oxygen atoms in total. The van der Waals surface area contributed by atoms with Gasteiger partial charge in [-0.15, -0.1) is 0 Å². The van der Waals surface area contributed by atoms with Gasteiger partial charge in [0.2, 0.25) is 0 Å². The third kappa shape index (κ3) is 3.44. The van der Waals surface area contributed by atoms with Crippen molar-refractivity contribution in [2.75, 3.05) is 5.73 Å². The molecular weight excluding hydrogens is 216 g/mol. The molecule has 1 aromatic rings. The number of hydrogen-bond donors (Lipinski definition) is 1. The van der Waals surface area contributed by atoms with E-state index in [0.29, 0.717) is 11.5 Å². The highest BCUT2D eigenvalue weighted by atomic mass is 16.5. The summed E-state index contributed by atoms with van der Waals surface area (Å²) in [5.74, 6) is -0.00971. The minimum absolute atomic E-state index is 0.0493. The van der Waals surface area contributed by atoms with E-state index in [2.05, 4.69) is 4.98 Å². The zero-order chi connectivity index (χ0) is 12.1. The van der Waals surface area contributed by atoms with Crippen molar-refractivity contribution >= 4 is 11.8 Å². The van der Waals surface area contributed by atoms with Crippen LogP contribution in [0.3, 0.4) is 0 Å². The Morgan fingerprint density at radius 2 is 1.94 bits per heavy atom. The van der Waals surface area contributed by atoms with Crippen LogP contribution in [-0.2, 0) is 4.74 Å². The molecule has 0 unspecified atom stereocenters. The van der Waals surface area contributed by atoms with Crippen molar-refractivity contribution < 1.29 is 9.53 Å². The Morgan fingerprint density at radius 1 is 1.24 bits per heavy atom. The highest BCUT2D eigenvalue weighted by Crippen LogP contribution is 2.20. The molecule has 17 heavy (non-hydrogen) atoms. The van der Waals surface area contributed by atoms with E-state index < -0.39 is 0 Å². The second-order valence-corrected chi connectivity index (χ2v) is 4.47. The smallest absolute Gasteiger partial charge is 0.357 e. The van der Waals surface area contributed by atoms with E-state index in [-0.39, 0.29) is 12.1 Å². The molecule has 4 heteroatoms. The summed E-state index contributed by atoms with van der Waals surface area (Å²) in [6.07, 6.45) is 6.75. The lowest BCUT2D eigenvalue weighted by atomic mass is 10.1. The fourth-order valence-electron chi connectivity index (χ4n) is 2.14. The first-order valence-electron chi connectivity index (χ1n) is 6.19. The topological polar surface area (TPSA) is 65.2 Å². The Hall–Kier alpha value is -1.58. The van der Waals surface area contributed by atoms with Crippen LogP contribution in [0.1, 0.15) is 49.0 Å². The molecule has 2 rings (SSSR count). The van der Waals surface area contributed by atoms with E-state index in [1.165, 1.54) is 12.8 Å². The first-order valence-corrected chi connectivity index (χ1v) is 6.19. The average molecular weight is 234 g/mol. The van der Waals surface area contributed by atoms with Crippen molar-refractivity contribution in [3.05, 3.63) is 23.9 Å². The normalized spacial score (nSPS) is 17.4. The first kappa shape index (κ1) is 11.9. The van der Waals surface area contributed by atoms with Crippen molar-refractivity contribution in [1.82, 2.24) is 4.98 Å². The van der Waals surface area contributed by atoms with Crippen LogP contribution in [0.2, 0.25) is 0 Å². The number of carbonyl (C=O) groups excluding carboxylic acids is 1. The van der Waals surface area contributed by atoms with Gasteiger partial charge in [-0.25, -0.2) is 9.78 Å². The molecule has 0 spiro atoms. The fourth-order valence-corrected chi connectivity index (χ4v) is 2.14. The highest BCUT2D eigenvalue weighted by Gasteiger charge is 2.18. The van der Waals surface area contributed by atoms with E-state index in [4.69, 9.17) is 10.5 Å². The number of nitrogen functional groups attached to an aromatic ring is 1. The Labute approximate surface area is 101 Å². The molecule has 1 fully saturated rings. The van der Waals surface area contributed by atoms with Crippen LogP contribution in [0.15, 0.2) is 18.2 Å². The molecule has 1 aromatic heterocycles. The molecule has 0 aromatic carbocycles. The predicted molar refractivity (Wildman–Crippen MR) is 65.6 cm³/mol. The largest absolute Gasteiger partial charge is 0.458 e. The number of esters is 1. The van der Waals surface area contributed by atoms with Crippen molar-refractivity contribution in [3.63, 3.8) is 0 Å². The van der Waals surface area contributed by atoms with E-state index in [9.17, 15) is 4.79 Å². The molecule has 0 atom stereocenters. The van der Waals surface area contributed by atoms with Crippen LogP contribution in [0.25, 0.3) is 0 Å². The third-order valence-corrected chi connectivity index (χ3v) is 3.06. The summed E-state index contributed by atoms with van der Waals surface area (Å²) in [5, 5.41) is 0. The SMILES string of the molecule is Nc1cccc(C(=O)OC2CCCCCC2)n1. The second-order valence-electron chi connectivity index (χ2n) is 4.47. The van der Waals surface area contributed by atoms with Gasteiger partial charge in [0.15, 0.2) is 5.69 Å². The third-order valence-electron chi connectivity index (χ3n) is 3.06. The molecule has 1 heterocycles. The molecular formula is C13H18N2O2. The van der Waals surface area contributed by atoms with Gasteiger partial charge >= 0.3 is 5.97 Å². The number of carbonyl (C=O) groups is 1. The second kappa shape index (κ2) is 5.66. The van der Waals surface area contributed by atoms with Crippen LogP contribution in [0.4, 0.5) is 5.82 Å². The van der Waals surface area contributed by atoms with E-state index in [0.717, 1.165) is 25.7 Å². The van der Waals surface area contributed by atoms with E-state index in [1.807, 2.05) is 0 Å². The Balaban J connectivity index is 1.96. The number of nitrogens with two attached hydrogens (primary N) is 1. The van der Waals surface area contributed by atoms with Gasteiger partial charge in [-0.3, -0.25) is 0 Å². The van der Waals surface area contributed by atoms with Gasteiger partial charge in [-0.2, -0.15) is 0 Å². The standard InChI is InChI=1S/C13H18N2O2/c14-12-9-5-8-11(15-12)13(16)17-10-6-3-1-2-4-7-10/h5,8-10H,1-4,6-7H2,(H2,14,15). The Morgan fingerprint density at radius 3 is 2.59 bits per heavy atom. The molecule has 0 amide bonds. The fraction of sp³-hybridized carbons (Fsp3) is 0.538. The van der Waals surface area contributed by atoms with Gasteiger partial charge in [-0.05, 0) is 37.8 Å². The summed E-state index contributed by atoms with van der Waals surface area (Å²) in [6.45, 7) is 0. The number of rotatable bonds is 2. The summed E-state index contributed by atoms with van der Waals surface area (Å²) in [7, 11) is 0. The highest BCUT2D eigenvalue weighted by molar-refractivity contribution is 5.87. The van der Waals surface area contributed by atoms with Gasteiger partial charge in [0.25, 0.3) is 0 Å². The number of aromatic nitrogens is 1. The molecule has 0 aliphatic heterocycles. The number of anilines is 1. The summed E-state index contributed by atoms with van der Waals surface area (Å²) in [6, 6.07) is 5.00. The monoisotopic (exact) mass is 234 g/mol. The molecule has 2 N–H and O–H groups in total. The molecule has 1 saturated carbocycles. The van der Waals surface area contributed by atoms with Gasteiger partial charge in [0, 0.05) is 0 Å². The van der Waals surface area contributed by atoms with Crippen LogP contribution in [-0.4, -0.2) is 17.1 Å². The quantitative estimate of drug-likeness (QED) is 0.631. The van der Waals surface area contributed by atoms with E-state index >= 15 is 0 Å². The van der Waals surface area contributed by atoms with Crippen molar-refractivity contribution in [2.24, 2.45) is 0 Å². The minimum Gasteiger partial charge on any atom is -0.458 e. The molecule has 0 radical (unpaired) electrons. The van der Waals surface area contributed by atoms with Crippen LogP contribution < -0.4 is 5.73 Å². The van der Waals surface area contributed by atoms with Gasteiger partial charge in [-0.1, -0.05) is 18.9 Å². The zero-order valence-corrected chi connectivity index (χ0v) is 9.89. The Kier molecular flexibility index (Phi) is 3.96. The number of ether oxygens (including phenoxy) is 1. The molecule has 0 bridgehead atoms. The maximum Gasteiger partial charge on any atom is 0.357 e. The van der Waals surface area contributed by atoms with Crippen LogP contribution in [0.5, 0.6) is 0 Å². The summed E-state index contributed by atoms with van der Waals surface area (Å²) < 4.78 is 5.46. The lowest BCUT2D eigenvalue weighted by molar-refractivity contribution is 0.0260. The van der Waals surface area contributed by atoms with E-state index in [1.54, 1.807) is 18.2 Å².